The number of nitrogens with zero attached hydrogens (tertiary/aromatic N) is 1. The Kier molecular flexibility index (Phi) is 3.04. The van der Waals surface area contributed by atoms with Crippen LogP contribution in [0.3, 0.4) is 0 Å². The molecule has 0 aliphatic heterocycles. The Morgan fingerprint density at radius 1 is 1.29 bits per heavy atom. The molecule has 0 amide bonds. The fraction of sp³-hybridized carbons (Fsp3) is 0. The number of nitrogens with one attached hydrogen (secondary N) is 1. The molecule has 2 rings (SSSR count). The summed E-state index contributed by atoms with van der Waals surface area (Å²) in [5.41, 5.74) is 6.94. The van der Waals surface area contributed by atoms with Crippen LogP contribution in [0.1, 0.15) is 5.56 Å². The Labute approximate surface area is 87.9 Å². The van der Waals surface area contributed by atoms with Crippen molar-refractivity contribution in [1.29, 1.82) is 5.41 Å². The zero-order chi connectivity index (χ0) is 9.26. The summed E-state index contributed by atoms with van der Waals surface area (Å²) in [4.78, 5) is 4.18. The van der Waals surface area contributed by atoms with Gasteiger partial charge in [0.1, 0.15) is 5.84 Å². The highest BCUT2D eigenvalue weighted by atomic mass is 35.5. The predicted octanol–water partition coefficient (Wildman–Crippen LogP) is 1.94. The molecule has 0 atom stereocenters. The first-order valence-corrected chi connectivity index (χ1v) is 3.96. The van der Waals surface area contributed by atoms with Crippen LogP contribution in [0, 0.1) is 5.41 Å². The largest absolute Gasteiger partial charge is 0.384 e. The van der Waals surface area contributed by atoms with Gasteiger partial charge in [-0.05, 0) is 12.1 Å². The lowest BCUT2D eigenvalue weighted by Crippen LogP contribution is -2.11. The van der Waals surface area contributed by atoms with Crippen molar-refractivity contribution in [3.63, 3.8) is 0 Å². The standard InChI is InChI=1S/C10H9N3.ClH/c11-10(12)8-5-7-3-1-2-4-9(7)13-6-8;/h1-6H,(H3,11,12);1H. The fourth-order valence-corrected chi connectivity index (χ4v) is 1.22. The second-order valence-corrected chi connectivity index (χ2v) is 2.83. The van der Waals surface area contributed by atoms with Gasteiger partial charge in [-0.1, -0.05) is 18.2 Å². The number of amidine groups is 1. The molecule has 0 unspecified atom stereocenters. The van der Waals surface area contributed by atoms with Crippen LogP contribution in [0.5, 0.6) is 0 Å². The van der Waals surface area contributed by atoms with Crippen LogP contribution >= 0.6 is 12.4 Å². The lowest BCUT2D eigenvalue weighted by molar-refractivity contribution is 1.35. The van der Waals surface area contributed by atoms with Gasteiger partial charge < -0.3 is 5.73 Å². The smallest absolute Gasteiger partial charge is 0.124 e. The number of benzene rings is 1. The van der Waals surface area contributed by atoms with Crippen molar-refractivity contribution >= 4 is 29.1 Å². The molecule has 0 bridgehead atoms. The van der Waals surface area contributed by atoms with Gasteiger partial charge in [0.05, 0.1) is 5.52 Å². The maximum absolute atomic E-state index is 7.25. The van der Waals surface area contributed by atoms with Gasteiger partial charge in [-0.3, -0.25) is 10.4 Å². The van der Waals surface area contributed by atoms with E-state index in [1.165, 1.54) is 0 Å². The molecular formula is C10H10ClN3. The van der Waals surface area contributed by atoms with Gasteiger partial charge in [-0.15, -0.1) is 12.4 Å². The van der Waals surface area contributed by atoms with Crippen LogP contribution in [-0.2, 0) is 0 Å². The van der Waals surface area contributed by atoms with E-state index in [1.807, 2.05) is 30.3 Å². The molecule has 14 heavy (non-hydrogen) atoms. The maximum atomic E-state index is 7.25. The van der Waals surface area contributed by atoms with E-state index in [1.54, 1.807) is 6.20 Å². The van der Waals surface area contributed by atoms with E-state index in [-0.39, 0.29) is 18.2 Å². The van der Waals surface area contributed by atoms with Crippen molar-refractivity contribution in [3.8, 4) is 0 Å². The average Bonchev–Trinajstić information content (AvgIpc) is 2.17. The highest BCUT2D eigenvalue weighted by Gasteiger charge is 1.98. The number of aromatic nitrogens is 1. The first kappa shape index (κ1) is 10.5. The maximum Gasteiger partial charge on any atom is 0.124 e. The predicted molar refractivity (Wildman–Crippen MR) is 60.0 cm³/mol. The zero-order valence-corrected chi connectivity index (χ0v) is 8.21. The van der Waals surface area contributed by atoms with Gasteiger partial charge in [-0.25, -0.2) is 0 Å². The highest BCUT2D eigenvalue weighted by molar-refractivity contribution is 5.97. The summed E-state index contributed by atoms with van der Waals surface area (Å²) < 4.78 is 0. The monoisotopic (exact) mass is 207 g/mol. The Morgan fingerprint density at radius 3 is 2.71 bits per heavy atom. The van der Waals surface area contributed by atoms with E-state index in [0.29, 0.717) is 5.56 Å². The van der Waals surface area contributed by atoms with Crippen molar-refractivity contribution in [3.05, 3.63) is 42.1 Å². The van der Waals surface area contributed by atoms with E-state index in [0.717, 1.165) is 10.9 Å². The molecule has 0 saturated carbocycles. The molecule has 3 nitrogen and oxygen atoms in total. The van der Waals surface area contributed by atoms with Gasteiger partial charge in [0.2, 0.25) is 0 Å². The van der Waals surface area contributed by atoms with Crippen LogP contribution in [0.2, 0.25) is 0 Å². The number of rotatable bonds is 1. The Hall–Kier alpha value is -1.61. The summed E-state index contributed by atoms with van der Waals surface area (Å²) >= 11 is 0. The molecule has 72 valence electrons. The molecule has 0 aliphatic rings. The summed E-state index contributed by atoms with van der Waals surface area (Å²) in [6, 6.07) is 9.62. The molecule has 0 spiro atoms. The molecule has 0 saturated heterocycles. The van der Waals surface area contributed by atoms with Gasteiger partial charge in [-0.2, -0.15) is 0 Å². The van der Waals surface area contributed by atoms with E-state index < -0.39 is 0 Å². The minimum atomic E-state index is 0. The summed E-state index contributed by atoms with van der Waals surface area (Å²) in [6.45, 7) is 0. The number of para-hydroxylation sites is 1. The molecule has 0 radical (unpaired) electrons. The van der Waals surface area contributed by atoms with Crippen molar-refractivity contribution in [2.75, 3.05) is 0 Å². The summed E-state index contributed by atoms with van der Waals surface area (Å²) in [5, 5.41) is 8.26. The number of fused-ring (bicyclic) bond motifs is 1. The molecule has 0 aliphatic carbocycles. The number of pyridine rings is 1. The molecule has 1 aromatic heterocycles. The van der Waals surface area contributed by atoms with E-state index in [4.69, 9.17) is 11.1 Å². The van der Waals surface area contributed by atoms with Crippen molar-refractivity contribution < 1.29 is 0 Å². The Morgan fingerprint density at radius 2 is 2.00 bits per heavy atom. The molecule has 2 aromatic rings. The van der Waals surface area contributed by atoms with Crippen LogP contribution < -0.4 is 5.73 Å². The molecule has 0 fully saturated rings. The lowest BCUT2D eigenvalue weighted by Gasteiger charge is -1.99. The molecular weight excluding hydrogens is 198 g/mol. The third-order valence-electron chi connectivity index (χ3n) is 1.90. The molecule has 1 aromatic carbocycles. The quantitative estimate of drug-likeness (QED) is 0.555. The third-order valence-corrected chi connectivity index (χ3v) is 1.90. The molecule has 3 N–H and O–H groups in total. The highest BCUT2D eigenvalue weighted by Crippen LogP contribution is 2.11. The van der Waals surface area contributed by atoms with Gasteiger partial charge in [0.15, 0.2) is 0 Å². The minimum absolute atomic E-state index is 0. The summed E-state index contributed by atoms with van der Waals surface area (Å²) in [6.07, 6.45) is 1.62. The van der Waals surface area contributed by atoms with Crippen molar-refractivity contribution in [2.45, 2.75) is 0 Å². The number of nitrogens with two attached hydrogens (primary N) is 1. The normalized spacial score (nSPS) is 9.43. The second-order valence-electron chi connectivity index (χ2n) is 2.83. The van der Waals surface area contributed by atoms with Crippen LogP contribution in [0.25, 0.3) is 10.9 Å². The van der Waals surface area contributed by atoms with Crippen LogP contribution in [0.15, 0.2) is 36.5 Å². The number of nitrogen functional groups attached to an aromatic ring is 1. The number of hydrogen-bond acceptors (Lipinski definition) is 2. The lowest BCUT2D eigenvalue weighted by atomic mass is 10.1. The van der Waals surface area contributed by atoms with Crippen molar-refractivity contribution in [2.24, 2.45) is 5.73 Å². The second kappa shape index (κ2) is 4.07. The molecule has 1 heterocycles. The van der Waals surface area contributed by atoms with E-state index >= 15 is 0 Å². The topological polar surface area (TPSA) is 62.8 Å². The van der Waals surface area contributed by atoms with Gasteiger partial charge >= 0.3 is 0 Å². The van der Waals surface area contributed by atoms with Crippen LogP contribution in [-0.4, -0.2) is 10.8 Å². The first-order valence-electron chi connectivity index (χ1n) is 3.96. The summed E-state index contributed by atoms with van der Waals surface area (Å²) in [5.74, 6) is 0.0539. The van der Waals surface area contributed by atoms with Crippen molar-refractivity contribution in [1.82, 2.24) is 4.98 Å². The number of hydrogen-bond donors (Lipinski definition) is 2. The fourth-order valence-electron chi connectivity index (χ4n) is 1.22. The average molecular weight is 208 g/mol. The first-order chi connectivity index (χ1) is 6.27. The Bertz CT molecular complexity index is 468. The SMILES string of the molecule is Cl.N=C(N)c1cnc2ccccc2c1. The van der Waals surface area contributed by atoms with Crippen LogP contribution in [0.4, 0.5) is 0 Å². The number of halogens is 1. The molecule has 4 heteroatoms. The summed E-state index contributed by atoms with van der Waals surface area (Å²) in [7, 11) is 0. The van der Waals surface area contributed by atoms with E-state index in [2.05, 4.69) is 4.98 Å². The third kappa shape index (κ3) is 1.83. The van der Waals surface area contributed by atoms with E-state index in [9.17, 15) is 0 Å². The van der Waals surface area contributed by atoms with Gasteiger partial charge in [0.25, 0.3) is 0 Å². The minimum Gasteiger partial charge on any atom is -0.384 e. The zero-order valence-electron chi connectivity index (χ0n) is 7.40. The Balaban J connectivity index is 0.000000980. The van der Waals surface area contributed by atoms with Gasteiger partial charge in [0, 0.05) is 17.1 Å².